The fraction of sp³-hybridized carbons (Fsp3) is 0.562. The number of amides is 1. The summed E-state index contributed by atoms with van der Waals surface area (Å²) >= 11 is 0. The van der Waals surface area contributed by atoms with Gasteiger partial charge in [0.1, 0.15) is 5.69 Å². The zero-order valence-electron chi connectivity index (χ0n) is 12.8. The molecule has 1 heterocycles. The highest BCUT2D eigenvalue weighted by Crippen LogP contribution is 2.35. The molecule has 1 amide bonds. The Morgan fingerprint density at radius 1 is 1.29 bits per heavy atom. The van der Waals surface area contributed by atoms with Crippen LogP contribution in [0.2, 0.25) is 0 Å². The molecule has 2 N–H and O–H groups in total. The van der Waals surface area contributed by atoms with Crippen LogP contribution < -0.4 is 5.32 Å². The number of carbonyl (C=O) groups is 2. The number of rotatable bonds is 3. The Labute approximate surface area is 124 Å². The van der Waals surface area contributed by atoms with E-state index < -0.39 is 5.97 Å². The Morgan fingerprint density at radius 3 is 2.43 bits per heavy atom. The van der Waals surface area contributed by atoms with Crippen molar-refractivity contribution in [2.75, 3.05) is 0 Å². The lowest BCUT2D eigenvalue weighted by Gasteiger charge is -2.34. The summed E-state index contributed by atoms with van der Waals surface area (Å²) in [5, 5.41) is 12.0. The Hall–Kier alpha value is -1.91. The summed E-state index contributed by atoms with van der Waals surface area (Å²) in [7, 11) is 0. The molecule has 5 heteroatoms. The van der Waals surface area contributed by atoms with Crippen LogP contribution in [-0.2, 0) is 0 Å². The number of carbonyl (C=O) groups excluding carboxylic acids is 1. The minimum absolute atomic E-state index is 0.131. The number of carboxylic acid groups (broad SMARTS) is 1. The molecule has 0 radical (unpaired) electrons. The van der Waals surface area contributed by atoms with Crippen LogP contribution in [0.4, 0.5) is 0 Å². The summed E-state index contributed by atoms with van der Waals surface area (Å²) in [4.78, 5) is 27.2. The third-order valence-electron chi connectivity index (χ3n) is 4.22. The van der Waals surface area contributed by atoms with Gasteiger partial charge in [0.05, 0.1) is 11.3 Å². The Kier molecular flexibility index (Phi) is 4.30. The molecular weight excluding hydrogens is 268 g/mol. The minimum atomic E-state index is -1.03. The van der Waals surface area contributed by atoms with E-state index in [9.17, 15) is 9.59 Å². The molecule has 0 aromatic carbocycles. The third kappa shape index (κ3) is 3.80. The van der Waals surface area contributed by atoms with Gasteiger partial charge in [0.15, 0.2) is 0 Å². The van der Waals surface area contributed by atoms with Crippen LogP contribution >= 0.6 is 0 Å². The maximum absolute atomic E-state index is 12.2. The van der Waals surface area contributed by atoms with Crippen molar-refractivity contribution in [1.29, 1.82) is 0 Å². The van der Waals surface area contributed by atoms with Crippen LogP contribution in [0.3, 0.4) is 0 Å². The van der Waals surface area contributed by atoms with Crippen LogP contribution in [-0.4, -0.2) is 28.0 Å². The fourth-order valence-corrected chi connectivity index (χ4v) is 2.72. The second kappa shape index (κ2) is 5.84. The quantitative estimate of drug-likeness (QED) is 0.897. The molecule has 0 unspecified atom stereocenters. The maximum Gasteiger partial charge on any atom is 0.337 e. The van der Waals surface area contributed by atoms with E-state index in [-0.39, 0.29) is 23.2 Å². The number of hydrogen-bond donors (Lipinski definition) is 2. The van der Waals surface area contributed by atoms with Gasteiger partial charge in [-0.25, -0.2) is 9.78 Å². The number of aromatic carboxylic acids is 1. The molecular formula is C16H22N2O3. The van der Waals surface area contributed by atoms with Crippen molar-refractivity contribution < 1.29 is 14.7 Å². The van der Waals surface area contributed by atoms with E-state index in [4.69, 9.17) is 5.11 Å². The molecule has 0 atom stereocenters. The molecule has 2 rings (SSSR count). The van der Waals surface area contributed by atoms with E-state index in [2.05, 4.69) is 24.1 Å². The first-order valence-electron chi connectivity index (χ1n) is 7.30. The number of pyridine rings is 1. The molecule has 21 heavy (non-hydrogen) atoms. The van der Waals surface area contributed by atoms with Crippen molar-refractivity contribution in [3.63, 3.8) is 0 Å². The molecule has 1 aliphatic carbocycles. The lowest BCUT2D eigenvalue weighted by atomic mass is 9.75. The molecule has 0 bridgehead atoms. The van der Waals surface area contributed by atoms with Crippen molar-refractivity contribution in [3.05, 3.63) is 29.1 Å². The Balaban J connectivity index is 2.01. The van der Waals surface area contributed by atoms with Gasteiger partial charge in [-0.2, -0.15) is 0 Å². The van der Waals surface area contributed by atoms with Crippen LogP contribution in [0.1, 0.15) is 66.1 Å². The van der Waals surface area contributed by atoms with E-state index in [1.54, 1.807) is 6.92 Å². The van der Waals surface area contributed by atoms with E-state index in [1.165, 1.54) is 12.1 Å². The highest BCUT2D eigenvalue weighted by atomic mass is 16.4. The van der Waals surface area contributed by atoms with Gasteiger partial charge in [-0.15, -0.1) is 0 Å². The van der Waals surface area contributed by atoms with Crippen LogP contribution in [0.25, 0.3) is 0 Å². The molecule has 1 fully saturated rings. The predicted molar refractivity (Wildman–Crippen MR) is 79.4 cm³/mol. The largest absolute Gasteiger partial charge is 0.478 e. The predicted octanol–water partition coefficient (Wildman–Crippen LogP) is 2.79. The maximum atomic E-state index is 12.2. The molecule has 1 saturated carbocycles. The van der Waals surface area contributed by atoms with Crippen molar-refractivity contribution in [3.8, 4) is 0 Å². The van der Waals surface area contributed by atoms with Gasteiger partial charge in [-0.05, 0) is 50.2 Å². The van der Waals surface area contributed by atoms with Gasteiger partial charge in [-0.3, -0.25) is 4.79 Å². The first-order chi connectivity index (χ1) is 9.78. The highest BCUT2D eigenvalue weighted by Gasteiger charge is 2.28. The summed E-state index contributed by atoms with van der Waals surface area (Å²) < 4.78 is 0. The summed E-state index contributed by atoms with van der Waals surface area (Å²) in [6, 6.07) is 3.09. The van der Waals surface area contributed by atoms with Gasteiger partial charge >= 0.3 is 5.97 Å². The van der Waals surface area contributed by atoms with Crippen molar-refractivity contribution in [1.82, 2.24) is 10.3 Å². The Bertz CT molecular complexity index is 557. The third-order valence-corrected chi connectivity index (χ3v) is 4.22. The zero-order chi connectivity index (χ0) is 15.6. The molecule has 1 aromatic heterocycles. The number of nitrogens with one attached hydrogen (secondary N) is 1. The topological polar surface area (TPSA) is 79.3 Å². The monoisotopic (exact) mass is 290 g/mol. The first-order valence-corrected chi connectivity index (χ1v) is 7.30. The van der Waals surface area contributed by atoms with E-state index >= 15 is 0 Å². The number of carboxylic acids is 1. The number of aromatic nitrogens is 1. The van der Waals surface area contributed by atoms with E-state index in [0.29, 0.717) is 11.1 Å². The molecule has 0 aliphatic heterocycles. The average molecular weight is 290 g/mol. The summed E-state index contributed by atoms with van der Waals surface area (Å²) in [5.74, 6) is -1.25. The van der Waals surface area contributed by atoms with Crippen molar-refractivity contribution >= 4 is 11.9 Å². The minimum Gasteiger partial charge on any atom is -0.478 e. The van der Waals surface area contributed by atoms with Crippen molar-refractivity contribution in [2.24, 2.45) is 5.41 Å². The zero-order valence-corrected chi connectivity index (χ0v) is 12.8. The summed E-state index contributed by atoms with van der Waals surface area (Å²) in [6.07, 6.45) is 4.15. The fourth-order valence-electron chi connectivity index (χ4n) is 2.72. The number of hydrogen-bond acceptors (Lipinski definition) is 3. The molecule has 5 nitrogen and oxygen atoms in total. The second-order valence-corrected chi connectivity index (χ2v) is 6.55. The van der Waals surface area contributed by atoms with E-state index in [1.807, 2.05) is 0 Å². The van der Waals surface area contributed by atoms with Gasteiger partial charge in [-0.1, -0.05) is 13.8 Å². The van der Waals surface area contributed by atoms with Gasteiger partial charge in [0, 0.05) is 6.04 Å². The summed E-state index contributed by atoms with van der Waals surface area (Å²) in [5.41, 5.74) is 1.13. The van der Waals surface area contributed by atoms with Crippen molar-refractivity contribution in [2.45, 2.75) is 52.5 Å². The van der Waals surface area contributed by atoms with Crippen LogP contribution in [0.15, 0.2) is 12.1 Å². The molecule has 0 saturated heterocycles. The average Bonchev–Trinajstić information content (AvgIpc) is 2.40. The smallest absolute Gasteiger partial charge is 0.337 e. The molecule has 114 valence electrons. The number of nitrogens with zero attached hydrogens (tertiary/aromatic N) is 1. The lowest BCUT2D eigenvalue weighted by molar-refractivity contribution is 0.0694. The second-order valence-electron chi connectivity index (χ2n) is 6.55. The molecule has 1 aromatic rings. The van der Waals surface area contributed by atoms with E-state index in [0.717, 1.165) is 25.7 Å². The molecule has 0 spiro atoms. The van der Waals surface area contributed by atoms with Gasteiger partial charge in [0.25, 0.3) is 5.91 Å². The normalized spacial score (nSPS) is 18.2. The van der Waals surface area contributed by atoms with Crippen LogP contribution in [0, 0.1) is 12.3 Å². The number of aryl methyl sites for hydroxylation is 1. The molecule has 1 aliphatic rings. The SMILES string of the molecule is Cc1nc(C(=O)NC2CCC(C)(C)CC2)ccc1C(=O)O. The lowest BCUT2D eigenvalue weighted by Crippen LogP contribution is -2.39. The van der Waals surface area contributed by atoms with Crippen LogP contribution in [0.5, 0.6) is 0 Å². The summed E-state index contributed by atoms with van der Waals surface area (Å²) in [6.45, 7) is 6.10. The highest BCUT2D eigenvalue weighted by molar-refractivity contribution is 5.94. The van der Waals surface area contributed by atoms with Gasteiger partial charge < -0.3 is 10.4 Å². The standard InChI is InChI=1S/C16H22N2O3/c1-10-12(15(20)21)4-5-13(17-10)14(19)18-11-6-8-16(2,3)9-7-11/h4-5,11H,6-9H2,1-3H3,(H,18,19)(H,20,21). The van der Waals surface area contributed by atoms with Gasteiger partial charge in [0.2, 0.25) is 0 Å². The Morgan fingerprint density at radius 2 is 1.90 bits per heavy atom. The first kappa shape index (κ1) is 15.5.